The molecule has 0 bridgehead atoms. The van der Waals surface area contributed by atoms with Crippen LogP contribution in [0.5, 0.6) is 0 Å². The zero-order valence-corrected chi connectivity index (χ0v) is 19.5. The first-order chi connectivity index (χ1) is 15.5. The van der Waals surface area contributed by atoms with Gasteiger partial charge in [0.25, 0.3) is 0 Å². The van der Waals surface area contributed by atoms with E-state index in [0.717, 1.165) is 21.5 Å². The van der Waals surface area contributed by atoms with Crippen LogP contribution in [0.25, 0.3) is 10.9 Å². The quantitative estimate of drug-likeness (QED) is 0.522. The number of hydrogen-bond donors (Lipinski definition) is 1. The van der Waals surface area contributed by atoms with Gasteiger partial charge in [0.2, 0.25) is 11.8 Å². The van der Waals surface area contributed by atoms with Crippen LogP contribution in [0.1, 0.15) is 37.6 Å². The number of rotatable bonds is 8. The smallest absolute Gasteiger partial charge is 0.247 e. The summed E-state index contributed by atoms with van der Waals surface area (Å²) in [5, 5.41) is 4.97. The van der Waals surface area contributed by atoms with Gasteiger partial charge < -0.3 is 23.9 Å². The molecule has 0 radical (unpaired) electrons. The lowest BCUT2D eigenvalue weighted by atomic mass is 10.0. The molecule has 0 saturated heterocycles. The molecule has 8 heteroatoms. The number of furan rings is 1. The number of nitrogens with zero attached hydrogens (tertiary/aromatic N) is 2. The van der Waals surface area contributed by atoms with E-state index < -0.39 is 6.04 Å². The van der Waals surface area contributed by atoms with Crippen LogP contribution in [-0.4, -0.2) is 46.3 Å². The number of benzene rings is 1. The summed E-state index contributed by atoms with van der Waals surface area (Å²) in [7, 11) is 1.99. The first-order valence-electron chi connectivity index (χ1n) is 10.9. The Hall–Kier alpha value is -2.71. The Kier molecular flexibility index (Phi) is 6.91. The number of ether oxygens (including phenoxy) is 1. The van der Waals surface area contributed by atoms with Crippen molar-refractivity contribution in [1.29, 1.82) is 0 Å². The molecule has 2 aromatic heterocycles. The molecule has 0 aliphatic carbocycles. The maximum Gasteiger partial charge on any atom is 0.247 e. The lowest BCUT2D eigenvalue weighted by molar-refractivity contribution is -0.139. The van der Waals surface area contributed by atoms with Crippen LogP contribution < -0.4 is 5.32 Å². The second-order valence-electron chi connectivity index (χ2n) is 8.15. The van der Waals surface area contributed by atoms with Crippen LogP contribution in [0.15, 0.2) is 52.1 Å². The van der Waals surface area contributed by atoms with Crippen LogP contribution in [0.4, 0.5) is 0 Å². The average Bonchev–Trinajstić information content (AvgIpc) is 3.34. The molecule has 1 aliphatic heterocycles. The summed E-state index contributed by atoms with van der Waals surface area (Å²) in [5.74, 6) is 0.642. The van der Waals surface area contributed by atoms with Crippen LogP contribution in [0.3, 0.4) is 0 Å². The number of aryl methyl sites for hydroxylation is 1. The largest absolute Gasteiger partial charge is 0.467 e. The summed E-state index contributed by atoms with van der Waals surface area (Å²) in [6.07, 6.45) is 2.45. The zero-order valence-electron chi connectivity index (χ0n) is 18.7. The molecule has 1 aliphatic rings. The van der Waals surface area contributed by atoms with Crippen LogP contribution in [0.2, 0.25) is 0 Å². The Bertz CT molecular complexity index is 1090. The summed E-state index contributed by atoms with van der Waals surface area (Å²) in [5.41, 5.74) is 1.92. The van der Waals surface area contributed by atoms with Gasteiger partial charge >= 0.3 is 0 Å². The molecule has 1 aromatic carbocycles. The fourth-order valence-corrected chi connectivity index (χ4v) is 5.17. The molecule has 4 rings (SSSR count). The van der Waals surface area contributed by atoms with Crippen molar-refractivity contribution in [2.24, 2.45) is 7.05 Å². The molecule has 3 heterocycles. The molecule has 32 heavy (non-hydrogen) atoms. The van der Waals surface area contributed by atoms with Crippen molar-refractivity contribution in [3.63, 3.8) is 0 Å². The predicted octanol–water partition coefficient (Wildman–Crippen LogP) is 3.88. The van der Waals surface area contributed by atoms with E-state index in [2.05, 4.69) is 9.88 Å². The maximum absolute atomic E-state index is 13.6. The third-order valence-electron chi connectivity index (χ3n) is 5.55. The molecular weight excluding hydrogens is 426 g/mol. The number of nitrogens with one attached hydrogen (secondary N) is 1. The molecule has 170 valence electrons. The Morgan fingerprint density at radius 1 is 1.28 bits per heavy atom. The molecule has 0 unspecified atom stereocenters. The van der Waals surface area contributed by atoms with Crippen molar-refractivity contribution in [3.05, 3.63) is 54.0 Å². The van der Waals surface area contributed by atoms with Crippen LogP contribution in [0, 0.1) is 0 Å². The van der Waals surface area contributed by atoms with Gasteiger partial charge in [0.1, 0.15) is 11.8 Å². The van der Waals surface area contributed by atoms with E-state index in [1.807, 2.05) is 51.2 Å². The van der Waals surface area contributed by atoms with Gasteiger partial charge in [-0.3, -0.25) is 9.59 Å². The first-order valence-corrected chi connectivity index (χ1v) is 11.9. The Morgan fingerprint density at radius 3 is 2.84 bits per heavy atom. The molecule has 0 saturated carbocycles. The van der Waals surface area contributed by atoms with Crippen molar-refractivity contribution in [2.45, 2.75) is 44.0 Å². The topological polar surface area (TPSA) is 76.7 Å². The molecule has 3 aromatic rings. The van der Waals surface area contributed by atoms with Crippen LogP contribution in [-0.2, 0) is 27.9 Å². The minimum Gasteiger partial charge on any atom is -0.467 e. The van der Waals surface area contributed by atoms with E-state index in [-0.39, 0.29) is 30.2 Å². The Morgan fingerprint density at radius 2 is 2.09 bits per heavy atom. The molecular formula is C24H29N3O4S. The van der Waals surface area contributed by atoms with Crippen molar-refractivity contribution in [2.75, 3.05) is 18.9 Å². The molecule has 1 atom stereocenters. The molecule has 0 fully saturated rings. The average molecular weight is 456 g/mol. The van der Waals surface area contributed by atoms with E-state index in [9.17, 15) is 9.59 Å². The molecule has 1 N–H and O–H groups in total. The monoisotopic (exact) mass is 455 g/mol. The van der Waals surface area contributed by atoms with Crippen molar-refractivity contribution < 1.29 is 18.7 Å². The summed E-state index contributed by atoms with van der Waals surface area (Å²) in [6.45, 7) is 5.28. The van der Waals surface area contributed by atoms with E-state index in [0.29, 0.717) is 25.3 Å². The van der Waals surface area contributed by atoms with Crippen molar-refractivity contribution >= 4 is 34.5 Å². The molecule has 0 spiro atoms. The normalized spacial score (nSPS) is 16.4. The van der Waals surface area contributed by atoms with Gasteiger partial charge in [-0.05, 0) is 38.5 Å². The van der Waals surface area contributed by atoms with Gasteiger partial charge in [0.15, 0.2) is 0 Å². The molecule has 7 nitrogen and oxygen atoms in total. The highest BCUT2D eigenvalue weighted by Gasteiger charge is 2.39. The zero-order chi connectivity index (χ0) is 22.7. The molecule has 2 amide bonds. The van der Waals surface area contributed by atoms with Crippen molar-refractivity contribution in [3.8, 4) is 0 Å². The summed E-state index contributed by atoms with van der Waals surface area (Å²) in [6, 6.07) is 10.9. The fraction of sp³-hybridized carbons (Fsp3) is 0.417. The second kappa shape index (κ2) is 9.83. The third-order valence-corrected chi connectivity index (χ3v) is 6.71. The predicted molar refractivity (Wildman–Crippen MR) is 124 cm³/mol. The van der Waals surface area contributed by atoms with Gasteiger partial charge in [-0.25, -0.2) is 0 Å². The number of carbonyl (C=O) groups excluding carboxylic acids is 2. The maximum atomic E-state index is 13.6. The van der Waals surface area contributed by atoms with Crippen LogP contribution >= 0.6 is 11.8 Å². The Labute approximate surface area is 192 Å². The fourth-order valence-electron chi connectivity index (χ4n) is 4.07. The number of thioether (sulfide) groups is 1. The number of fused-ring (bicyclic) bond motifs is 3. The van der Waals surface area contributed by atoms with E-state index >= 15 is 0 Å². The van der Waals surface area contributed by atoms with E-state index in [4.69, 9.17) is 9.15 Å². The van der Waals surface area contributed by atoms with Gasteiger partial charge in [-0.15, -0.1) is 0 Å². The number of aromatic nitrogens is 1. The highest BCUT2D eigenvalue weighted by molar-refractivity contribution is 8.00. The lowest BCUT2D eigenvalue weighted by Crippen LogP contribution is -2.43. The third kappa shape index (κ3) is 4.56. The van der Waals surface area contributed by atoms with E-state index in [1.165, 1.54) is 11.8 Å². The summed E-state index contributed by atoms with van der Waals surface area (Å²) in [4.78, 5) is 28.4. The minimum atomic E-state index is -0.741. The standard InChI is InChI=1S/C24H29N3O4S/c1-16(2)30-13-7-11-25-23(29)22-21-18-9-4-5-10-19(18)26(3)24(21)32-15-20(28)27(22)14-17-8-6-12-31-17/h4-6,8-10,12,16,22H,7,11,13-15H2,1-3H3,(H,25,29)/t22-/m1/s1. The Balaban J connectivity index is 1.69. The first kappa shape index (κ1) is 22.5. The second-order valence-corrected chi connectivity index (χ2v) is 9.12. The highest BCUT2D eigenvalue weighted by atomic mass is 32.2. The minimum absolute atomic E-state index is 0.0880. The van der Waals surface area contributed by atoms with Gasteiger partial charge in [-0.2, -0.15) is 0 Å². The SMILES string of the molecule is CC(C)OCCCNC(=O)[C@H]1c2c(n(C)c3ccccc23)SCC(=O)N1Cc1ccco1. The number of para-hydroxylation sites is 1. The lowest BCUT2D eigenvalue weighted by Gasteiger charge is -2.29. The van der Waals surface area contributed by atoms with Gasteiger partial charge in [-0.1, -0.05) is 30.0 Å². The number of hydrogen-bond acceptors (Lipinski definition) is 5. The summed E-state index contributed by atoms with van der Waals surface area (Å²) < 4.78 is 13.2. The summed E-state index contributed by atoms with van der Waals surface area (Å²) >= 11 is 1.48. The number of amides is 2. The van der Waals surface area contributed by atoms with Gasteiger partial charge in [0.05, 0.1) is 29.7 Å². The van der Waals surface area contributed by atoms with E-state index in [1.54, 1.807) is 17.2 Å². The number of carbonyl (C=O) groups is 2. The van der Waals surface area contributed by atoms with Crippen molar-refractivity contribution in [1.82, 2.24) is 14.8 Å². The van der Waals surface area contributed by atoms with Gasteiger partial charge in [0, 0.05) is 36.7 Å². The highest BCUT2D eigenvalue weighted by Crippen LogP contribution is 2.42.